The van der Waals surface area contributed by atoms with Crippen LogP contribution in [0.25, 0.3) is 11.3 Å². The maximum Gasteiger partial charge on any atom is 0.354 e. The lowest BCUT2D eigenvalue weighted by molar-refractivity contribution is 0.0690. The van der Waals surface area contributed by atoms with Gasteiger partial charge in [-0.15, -0.1) is 5.10 Å². The number of nitrogens with two attached hydrogens (primary N) is 1. The average molecular weight is 390 g/mol. The van der Waals surface area contributed by atoms with E-state index in [1.807, 2.05) is 54.6 Å². The second kappa shape index (κ2) is 9.48. The van der Waals surface area contributed by atoms with E-state index in [0.29, 0.717) is 10.9 Å². The fourth-order valence-electron chi connectivity index (χ4n) is 2.37. The Balaban J connectivity index is 1.60. The zero-order valence-electron chi connectivity index (χ0n) is 14.9. The van der Waals surface area contributed by atoms with Crippen molar-refractivity contribution in [2.45, 2.75) is 5.75 Å². The normalized spacial score (nSPS) is 11.6. The molecule has 3 aromatic rings. The molecule has 0 bridgehead atoms. The highest BCUT2D eigenvalue weighted by Crippen LogP contribution is 2.18. The highest BCUT2D eigenvalue weighted by molar-refractivity contribution is 8.13. The molecule has 1 aromatic heterocycles. The molecule has 0 unspecified atom stereocenters. The van der Waals surface area contributed by atoms with E-state index in [9.17, 15) is 4.79 Å². The second-order valence-corrected chi connectivity index (χ2v) is 6.79. The number of aromatic nitrogens is 1. The van der Waals surface area contributed by atoms with Gasteiger partial charge in [0.1, 0.15) is 5.69 Å². The molecule has 3 N–H and O–H groups in total. The molecule has 0 atom stereocenters. The molecule has 6 nitrogen and oxygen atoms in total. The van der Waals surface area contributed by atoms with E-state index >= 15 is 0 Å². The largest absolute Gasteiger partial charge is 0.477 e. The summed E-state index contributed by atoms with van der Waals surface area (Å²) in [6.07, 6.45) is 1.61. The van der Waals surface area contributed by atoms with Gasteiger partial charge >= 0.3 is 5.97 Å². The molecular weight excluding hydrogens is 372 g/mol. The zero-order valence-corrected chi connectivity index (χ0v) is 15.7. The molecule has 7 heteroatoms. The summed E-state index contributed by atoms with van der Waals surface area (Å²) in [5.41, 5.74) is 9.32. The molecule has 1 heterocycles. The van der Waals surface area contributed by atoms with E-state index in [-0.39, 0.29) is 5.69 Å². The zero-order chi connectivity index (χ0) is 19.8. The minimum atomic E-state index is -1.05. The predicted molar refractivity (Wildman–Crippen MR) is 114 cm³/mol. The summed E-state index contributed by atoms with van der Waals surface area (Å²) >= 11 is 1.43. The molecule has 0 saturated heterocycles. The van der Waals surface area contributed by atoms with E-state index in [0.717, 1.165) is 16.9 Å². The molecule has 140 valence electrons. The van der Waals surface area contributed by atoms with Crippen molar-refractivity contribution in [1.82, 2.24) is 4.98 Å². The minimum Gasteiger partial charge on any atom is -0.477 e. The first-order valence-electron chi connectivity index (χ1n) is 8.46. The average Bonchev–Trinajstić information content (AvgIpc) is 2.73. The topological polar surface area (TPSA) is 101 Å². The predicted octanol–water partition coefficient (Wildman–Crippen LogP) is 4.03. The SMILES string of the molecule is NC(=NN=Cc1ccc(-c2cccc(C(=O)O)n2)cc1)SCc1ccccc1. The molecule has 0 aliphatic heterocycles. The van der Waals surface area contributed by atoms with E-state index in [4.69, 9.17) is 10.8 Å². The van der Waals surface area contributed by atoms with Gasteiger partial charge in [0.05, 0.1) is 11.9 Å². The Kier molecular flexibility index (Phi) is 6.54. The maximum atomic E-state index is 11.0. The van der Waals surface area contributed by atoms with Gasteiger partial charge < -0.3 is 10.8 Å². The number of carbonyl (C=O) groups is 1. The van der Waals surface area contributed by atoms with Gasteiger partial charge in [0.15, 0.2) is 5.17 Å². The van der Waals surface area contributed by atoms with Gasteiger partial charge in [-0.3, -0.25) is 0 Å². The Morgan fingerprint density at radius 1 is 1.04 bits per heavy atom. The first kappa shape index (κ1) is 19.3. The summed E-state index contributed by atoms with van der Waals surface area (Å²) in [5.74, 6) is -0.311. The van der Waals surface area contributed by atoms with Crippen LogP contribution >= 0.6 is 11.8 Å². The molecule has 0 aliphatic rings. The van der Waals surface area contributed by atoms with Gasteiger partial charge in [0.25, 0.3) is 0 Å². The number of hydrogen-bond donors (Lipinski definition) is 2. The van der Waals surface area contributed by atoms with Crippen LogP contribution in [0.3, 0.4) is 0 Å². The molecule has 3 rings (SSSR count). The standard InChI is InChI=1S/C21H18N4O2S/c22-21(28-14-16-5-2-1-3-6-16)25-23-13-15-9-11-17(12-10-15)18-7-4-8-19(24-18)20(26)27/h1-13H,14H2,(H2,22,25)(H,26,27). The third kappa shape index (κ3) is 5.52. The lowest BCUT2D eigenvalue weighted by atomic mass is 10.1. The van der Waals surface area contributed by atoms with Crippen LogP contribution in [0.4, 0.5) is 0 Å². The third-order valence-corrected chi connectivity index (χ3v) is 4.62. The van der Waals surface area contributed by atoms with Crippen molar-refractivity contribution < 1.29 is 9.90 Å². The van der Waals surface area contributed by atoms with Crippen molar-refractivity contribution in [2.75, 3.05) is 0 Å². The van der Waals surface area contributed by atoms with Crippen LogP contribution < -0.4 is 5.73 Å². The Hall–Kier alpha value is -3.45. The van der Waals surface area contributed by atoms with Gasteiger partial charge in [-0.2, -0.15) is 5.10 Å². The van der Waals surface area contributed by atoms with Crippen LogP contribution in [-0.4, -0.2) is 27.4 Å². The van der Waals surface area contributed by atoms with Gasteiger partial charge in [0.2, 0.25) is 0 Å². The Bertz CT molecular complexity index is 1000. The van der Waals surface area contributed by atoms with Crippen LogP contribution in [0.15, 0.2) is 83.0 Å². The number of carboxylic acid groups (broad SMARTS) is 1. The van der Waals surface area contributed by atoms with Crippen LogP contribution in [0.2, 0.25) is 0 Å². The molecule has 0 spiro atoms. The van der Waals surface area contributed by atoms with Crippen molar-refractivity contribution in [3.63, 3.8) is 0 Å². The van der Waals surface area contributed by atoms with Crippen molar-refractivity contribution in [1.29, 1.82) is 0 Å². The first-order chi connectivity index (χ1) is 13.6. The van der Waals surface area contributed by atoms with Crippen LogP contribution in [0.1, 0.15) is 21.6 Å². The summed E-state index contributed by atoms with van der Waals surface area (Å²) in [5, 5.41) is 17.4. The summed E-state index contributed by atoms with van der Waals surface area (Å²) in [6.45, 7) is 0. The maximum absolute atomic E-state index is 11.0. The Labute approximate surface area is 166 Å². The summed E-state index contributed by atoms with van der Waals surface area (Å²) in [6, 6.07) is 22.3. The number of hydrogen-bond acceptors (Lipinski definition) is 5. The van der Waals surface area contributed by atoms with E-state index in [2.05, 4.69) is 15.2 Å². The molecular formula is C21H18N4O2S. The fraction of sp³-hybridized carbons (Fsp3) is 0.0476. The smallest absolute Gasteiger partial charge is 0.354 e. The van der Waals surface area contributed by atoms with Crippen molar-refractivity contribution >= 4 is 29.1 Å². The lowest BCUT2D eigenvalue weighted by Crippen LogP contribution is -2.05. The summed E-state index contributed by atoms with van der Waals surface area (Å²) in [7, 11) is 0. The number of thioether (sulfide) groups is 1. The Morgan fingerprint density at radius 2 is 1.79 bits per heavy atom. The monoisotopic (exact) mass is 390 g/mol. The van der Waals surface area contributed by atoms with E-state index in [1.54, 1.807) is 18.3 Å². The second-order valence-electron chi connectivity index (χ2n) is 5.79. The van der Waals surface area contributed by atoms with E-state index in [1.165, 1.54) is 23.4 Å². The molecule has 0 aliphatic carbocycles. The number of amidine groups is 1. The highest BCUT2D eigenvalue weighted by atomic mass is 32.2. The van der Waals surface area contributed by atoms with Crippen molar-refractivity contribution in [3.8, 4) is 11.3 Å². The molecule has 28 heavy (non-hydrogen) atoms. The number of pyridine rings is 1. The molecule has 0 saturated carbocycles. The fourth-order valence-corrected chi connectivity index (χ4v) is 2.98. The van der Waals surface area contributed by atoms with Gasteiger partial charge in [0, 0.05) is 11.3 Å². The van der Waals surface area contributed by atoms with Crippen molar-refractivity contribution in [2.24, 2.45) is 15.9 Å². The van der Waals surface area contributed by atoms with Crippen LogP contribution in [0.5, 0.6) is 0 Å². The molecule has 0 radical (unpaired) electrons. The quantitative estimate of drug-likeness (QED) is 0.376. The molecule has 0 fully saturated rings. The highest BCUT2D eigenvalue weighted by Gasteiger charge is 2.06. The van der Waals surface area contributed by atoms with E-state index < -0.39 is 5.97 Å². The number of benzene rings is 2. The summed E-state index contributed by atoms with van der Waals surface area (Å²) in [4.78, 5) is 15.2. The number of carboxylic acids is 1. The number of aromatic carboxylic acids is 1. The molecule has 2 aromatic carbocycles. The van der Waals surface area contributed by atoms with Gasteiger partial charge in [-0.25, -0.2) is 9.78 Å². The van der Waals surface area contributed by atoms with Gasteiger partial charge in [-0.1, -0.05) is 72.4 Å². The first-order valence-corrected chi connectivity index (χ1v) is 9.44. The number of rotatable bonds is 6. The van der Waals surface area contributed by atoms with Crippen LogP contribution in [0, 0.1) is 0 Å². The lowest BCUT2D eigenvalue weighted by Gasteiger charge is -2.02. The minimum absolute atomic E-state index is 0.0148. The third-order valence-electron chi connectivity index (χ3n) is 3.77. The summed E-state index contributed by atoms with van der Waals surface area (Å²) < 4.78 is 0. The molecule has 0 amide bonds. The van der Waals surface area contributed by atoms with Crippen molar-refractivity contribution in [3.05, 3.63) is 89.6 Å². The number of nitrogens with zero attached hydrogens (tertiary/aromatic N) is 3. The Morgan fingerprint density at radius 3 is 2.50 bits per heavy atom. The van der Waals surface area contributed by atoms with Crippen LogP contribution in [-0.2, 0) is 5.75 Å². The van der Waals surface area contributed by atoms with Gasteiger partial charge in [-0.05, 0) is 23.3 Å².